The first kappa shape index (κ1) is 16.3. The molecule has 1 heterocycles. The lowest BCUT2D eigenvalue weighted by atomic mass is 9.98. The van der Waals surface area contributed by atoms with Crippen molar-refractivity contribution in [2.75, 3.05) is 20.3 Å². The zero-order chi connectivity index (χ0) is 16.2. The molecule has 0 atom stereocenters. The van der Waals surface area contributed by atoms with Crippen LogP contribution in [0.5, 0.6) is 0 Å². The van der Waals surface area contributed by atoms with E-state index < -0.39 is 17.8 Å². The summed E-state index contributed by atoms with van der Waals surface area (Å²) >= 11 is 0. The standard InChI is InChI=1S/C14H15F3N2O3/c1-21-6-2-3-9-4-5-10(7-11(9)14(15,16)17)12-8-22-13(20)19-18-12/h4-5,7H,2-3,6,8H2,1H3,(H,19,20). The number of rotatable bonds is 5. The van der Waals surface area contributed by atoms with Gasteiger partial charge in [0.15, 0.2) is 0 Å². The summed E-state index contributed by atoms with van der Waals surface area (Å²) in [4.78, 5) is 10.8. The number of nitrogens with one attached hydrogen (secondary N) is 1. The van der Waals surface area contributed by atoms with Crippen molar-refractivity contribution in [2.45, 2.75) is 19.0 Å². The van der Waals surface area contributed by atoms with Crippen molar-refractivity contribution in [3.05, 3.63) is 34.9 Å². The van der Waals surface area contributed by atoms with E-state index in [4.69, 9.17) is 9.47 Å². The normalized spacial score (nSPS) is 15.1. The number of cyclic esters (lactones) is 1. The van der Waals surface area contributed by atoms with Crippen LogP contribution >= 0.6 is 0 Å². The second-order valence-corrected chi connectivity index (χ2v) is 4.71. The number of benzene rings is 1. The summed E-state index contributed by atoms with van der Waals surface area (Å²) in [6.45, 7) is 0.234. The van der Waals surface area contributed by atoms with Crippen molar-refractivity contribution < 1.29 is 27.4 Å². The van der Waals surface area contributed by atoms with Crippen LogP contribution in [0.1, 0.15) is 23.1 Å². The highest BCUT2D eigenvalue weighted by Gasteiger charge is 2.33. The molecule has 0 aliphatic carbocycles. The second-order valence-electron chi connectivity index (χ2n) is 4.71. The Balaban J connectivity index is 2.29. The Labute approximate surface area is 125 Å². The lowest BCUT2D eigenvalue weighted by Crippen LogP contribution is -2.31. The Hall–Kier alpha value is -2.09. The molecule has 1 aliphatic rings. The number of hydrogen-bond acceptors (Lipinski definition) is 4. The monoisotopic (exact) mass is 316 g/mol. The van der Waals surface area contributed by atoms with Gasteiger partial charge in [0.1, 0.15) is 12.3 Å². The third-order valence-corrected chi connectivity index (χ3v) is 3.17. The number of carbonyl (C=O) groups is 1. The van der Waals surface area contributed by atoms with Crippen molar-refractivity contribution in [2.24, 2.45) is 5.10 Å². The van der Waals surface area contributed by atoms with Gasteiger partial charge >= 0.3 is 12.3 Å². The SMILES string of the molecule is COCCCc1ccc(C2=NNC(=O)OC2)cc1C(F)(F)F. The molecule has 1 aliphatic heterocycles. The highest BCUT2D eigenvalue weighted by Crippen LogP contribution is 2.33. The molecule has 0 saturated heterocycles. The van der Waals surface area contributed by atoms with Gasteiger partial charge in [0.2, 0.25) is 0 Å². The van der Waals surface area contributed by atoms with Crippen LogP contribution in [0.3, 0.4) is 0 Å². The molecule has 1 amide bonds. The van der Waals surface area contributed by atoms with E-state index in [-0.39, 0.29) is 29.9 Å². The molecule has 22 heavy (non-hydrogen) atoms. The summed E-state index contributed by atoms with van der Waals surface area (Å²) in [6, 6.07) is 3.99. The van der Waals surface area contributed by atoms with Crippen LogP contribution in [0.2, 0.25) is 0 Å². The molecule has 0 spiro atoms. The molecular formula is C14H15F3N2O3. The fraction of sp³-hybridized carbons (Fsp3) is 0.429. The third-order valence-electron chi connectivity index (χ3n) is 3.17. The fourth-order valence-electron chi connectivity index (χ4n) is 2.10. The summed E-state index contributed by atoms with van der Waals surface area (Å²) in [6.07, 6.45) is -4.42. The number of hydrogen-bond donors (Lipinski definition) is 1. The maximum atomic E-state index is 13.2. The number of methoxy groups -OCH3 is 1. The van der Waals surface area contributed by atoms with Crippen LogP contribution in [0.25, 0.3) is 0 Å². The molecule has 0 unspecified atom stereocenters. The average molecular weight is 316 g/mol. The summed E-state index contributed by atoms with van der Waals surface area (Å²) < 4.78 is 49.1. The van der Waals surface area contributed by atoms with Gasteiger partial charge in [0, 0.05) is 19.3 Å². The van der Waals surface area contributed by atoms with E-state index in [2.05, 4.69) is 10.5 Å². The van der Waals surface area contributed by atoms with E-state index >= 15 is 0 Å². The minimum Gasteiger partial charge on any atom is -0.442 e. The van der Waals surface area contributed by atoms with Gasteiger partial charge in [-0.3, -0.25) is 0 Å². The van der Waals surface area contributed by atoms with Crippen LogP contribution in [0.15, 0.2) is 23.3 Å². The number of alkyl halides is 3. The fourth-order valence-corrected chi connectivity index (χ4v) is 2.10. The van der Waals surface area contributed by atoms with Crippen molar-refractivity contribution >= 4 is 11.8 Å². The molecule has 1 aromatic rings. The molecule has 120 valence electrons. The number of aryl methyl sites for hydroxylation is 1. The predicted molar refractivity (Wildman–Crippen MR) is 72.7 cm³/mol. The predicted octanol–water partition coefficient (Wildman–Crippen LogP) is 2.73. The van der Waals surface area contributed by atoms with Crippen molar-refractivity contribution in [1.29, 1.82) is 0 Å². The van der Waals surface area contributed by atoms with Gasteiger partial charge in [0.05, 0.1) is 5.56 Å². The molecule has 5 nitrogen and oxygen atoms in total. The van der Waals surface area contributed by atoms with E-state index in [1.807, 2.05) is 0 Å². The minimum atomic E-state index is -4.46. The Bertz CT molecular complexity index is 585. The van der Waals surface area contributed by atoms with Crippen LogP contribution < -0.4 is 5.43 Å². The maximum Gasteiger partial charge on any atom is 0.428 e. The zero-order valence-corrected chi connectivity index (χ0v) is 11.9. The number of nitrogens with zero attached hydrogens (tertiary/aromatic N) is 1. The molecule has 0 aromatic heterocycles. The first-order chi connectivity index (χ1) is 10.4. The number of hydrazone groups is 1. The van der Waals surface area contributed by atoms with Crippen molar-refractivity contribution in [3.8, 4) is 0 Å². The van der Waals surface area contributed by atoms with E-state index in [1.54, 1.807) is 0 Å². The molecule has 0 bridgehead atoms. The Kier molecular flexibility index (Phi) is 5.02. The molecule has 1 aromatic carbocycles. The van der Waals surface area contributed by atoms with E-state index in [0.717, 1.165) is 6.07 Å². The van der Waals surface area contributed by atoms with E-state index in [1.165, 1.54) is 19.2 Å². The molecule has 8 heteroatoms. The van der Waals surface area contributed by atoms with Gasteiger partial charge in [-0.2, -0.15) is 18.3 Å². The summed E-state index contributed by atoms with van der Waals surface area (Å²) in [5.41, 5.74) is 2.08. The van der Waals surface area contributed by atoms with Gasteiger partial charge in [-0.1, -0.05) is 12.1 Å². The Morgan fingerprint density at radius 3 is 2.77 bits per heavy atom. The number of carbonyl (C=O) groups excluding carboxylic acids is 1. The molecule has 1 N–H and O–H groups in total. The minimum absolute atomic E-state index is 0.161. The smallest absolute Gasteiger partial charge is 0.428 e. The highest BCUT2D eigenvalue weighted by molar-refractivity contribution is 6.03. The van der Waals surface area contributed by atoms with Gasteiger partial charge in [-0.05, 0) is 24.5 Å². The molecular weight excluding hydrogens is 301 g/mol. The zero-order valence-electron chi connectivity index (χ0n) is 11.9. The highest BCUT2D eigenvalue weighted by atomic mass is 19.4. The molecule has 2 rings (SSSR count). The van der Waals surface area contributed by atoms with E-state index in [9.17, 15) is 18.0 Å². The van der Waals surface area contributed by atoms with Gasteiger partial charge in [-0.25, -0.2) is 10.2 Å². The molecule has 0 saturated carbocycles. The third kappa shape index (κ3) is 3.97. The van der Waals surface area contributed by atoms with Crippen LogP contribution in [0, 0.1) is 0 Å². The van der Waals surface area contributed by atoms with Crippen molar-refractivity contribution in [3.63, 3.8) is 0 Å². The van der Waals surface area contributed by atoms with Gasteiger partial charge < -0.3 is 9.47 Å². The quantitative estimate of drug-likeness (QED) is 0.850. The van der Waals surface area contributed by atoms with Crippen LogP contribution in [-0.2, 0) is 22.1 Å². The average Bonchev–Trinajstić information content (AvgIpc) is 2.47. The molecule has 0 fully saturated rings. The lowest BCUT2D eigenvalue weighted by Gasteiger charge is -2.17. The lowest BCUT2D eigenvalue weighted by molar-refractivity contribution is -0.138. The Morgan fingerprint density at radius 2 is 2.18 bits per heavy atom. The first-order valence-corrected chi connectivity index (χ1v) is 6.60. The largest absolute Gasteiger partial charge is 0.442 e. The van der Waals surface area contributed by atoms with Crippen molar-refractivity contribution in [1.82, 2.24) is 5.43 Å². The van der Waals surface area contributed by atoms with Gasteiger partial charge in [-0.15, -0.1) is 0 Å². The molecule has 0 radical (unpaired) electrons. The number of ether oxygens (including phenoxy) is 2. The summed E-state index contributed by atoms with van der Waals surface area (Å²) in [5, 5.41) is 3.71. The maximum absolute atomic E-state index is 13.2. The summed E-state index contributed by atoms with van der Waals surface area (Å²) in [5.74, 6) is 0. The second kappa shape index (κ2) is 6.78. The van der Waals surface area contributed by atoms with E-state index in [0.29, 0.717) is 13.0 Å². The number of amides is 1. The topological polar surface area (TPSA) is 59.9 Å². The summed E-state index contributed by atoms with van der Waals surface area (Å²) in [7, 11) is 1.50. The van der Waals surface area contributed by atoms with Crippen LogP contribution in [-0.4, -0.2) is 32.1 Å². The first-order valence-electron chi connectivity index (χ1n) is 6.60. The van der Waals surface area contributed by atoms with Gasteiger partial charge in [0.25, 0.3) is 0 Å². The van der Waals surface area contributed by atoms with Crippen LogP contribution in [0.4, 0.5) is 18.0 Å². The number of halogens is 3. The Morgan fingerprint density at radius 1 is 1.41 bits per heavy atom.